The molecule has 0 aliphatic carbocycles. The van der Waals surface area contributed by atoms with Crippen molar-refractivity contribution < 1.29 is 9.53 Å². The van der Waals surface area contributed by atoms with Gasteiger partial charge in [0.2, 0.25) is 0 Å². The van der Waals surface area contributed by atoms with E-state index in [1.54, 1.807) is 12.1 Å². The molecule has 0 unspecified atom stereocenters. The highest BCUT2D eigenvalue weighted by Crippen LogP contribution is 2.12. The van der Waals surface area contributed by atoms with Crippen LogP contribution in [0.25, 0.3) is 0 Å². The van der Waals surface area contributed by atoms with Crippen molar-refractivity contribution in [2.45, 2.75) is 13.0 Å². The highest BCUT2D eigenvalue weighted by molar-refractivity contribution is 5.70. The lowest BCUT2D eigenvalue weighted by Gasteiger charge is -2.07. The molecule has 20 heavy (non-hydrogen) atoms. The molecule has 0 heterocycles. The Hall–Kier alpha value is -2.33. The predicted octanol–water partition coefficient (Wildman–Crippen LogP) is 2.48. The second-order valence-corrected chi connectivity index (χ2v) is 4.41. The van der Waals surface area contributed by atoms with Crippen LogP contribution >= 0.6 is 0 Å². The number of nitrogens with two attached hydrogens (primary N) is 1. The summed E-state index contributed by atoms with van der Waals surface area (Å²) >= 11 is 0. The molecule has 4 heteroatoms. The third-order valence-corrected chi connectivity index (χ3v) is 2.85. The Kier molecular flexibility index (Phi) is 5.15. The van der Waals surface area contributed by atoms with Gasteiger partial charge in [-0.25, -0.2) is 4.79 Å². The molecule has 0 saturated heterocycles. The summed E-state index contributed by atoms with van der Waals surface area (Å²) in [5.41, 5.74) is 7.64. The number of carbonyl (C=O) groups is 1. The standard InChI is InChI=1S/C16H18N2O2/c17-11-10-13-6-8-15(9-7-13)20-16(19)18-12-14-4-2-1-3-5-14/h1-9H,10-12,17H2,(H,18,19). The first-order valence-corrected chi connectivity index (χ1v) is 6.56. The lowest BCUT2D eigenvalue weighted by molar-refractivity contribution is 0.200. The number of nitrogens with one attached hydrogen (secondary N) is 1. The van der Waals surface area contributed by atoms with E-state index in [0.717, 1.165) is 17.5 Å². The number of ether oxygens (including phenoxy) is 1. The van der Waals surface area contributed by atoms with Crippen LogP contribution in [-0.2, 0) is 13.0 Å². The first-order valence-electron chi connectivity index (χ1n) is 6.56. The fraction of sp³-hybridized carbons (Fsp3) is 0.188. The van der Waals surface area contributed by atoms with Gasteiger partial charge in [0.25, 0.3) is 0 Å². The molecule has 0 aliphatic rings. The average Bonchev–Trinajstić information content (AvgIpc) is 2.49. The normalized spacial score (nSPS) is 10.1. The van der Waals surface area contributed by atoms with Gasteiger partial charge in [0, 0.05) is 6.54 Å². The van der Waals surface area contributed by atoms with Gasteiger partial charge in [0.1, 0.15) is 5.75 Å². The summed E-state index contributed by atoms with van der Waals surface area (Å²) < 4.78 is 5.19. The fourth-order valence-electron chi connectivity index (χ4n) is 1.80. The van der Waals surface area contributed by atoms with E-state index >= 15 is 0 Å². The molecule has 1 amide bonds. The van der Waals surface area contributed by atoms with Gasteiger partial charge in [-0.2, -0.15) is 0 Å². The smallest absolute Gasteiger partial charge is 0.410 e. The third-order valence-electron chi connectivity index (χ3n) is 2.85. The number of carbonyl (C=O) groups excluding carboxylic acids is 1. The summed E-state index contributed by atoms with van der Waals surface area (Å²) in [5.74, 6) is 0.524. The Morgan fingerprint density at radius 3 is 2.35 bits per heavy atom. The highest BCUT2D eigenvalue weighted by Gasteiger charge is 2.04. The van der Waals surface area contributed by atoms with Crippen LogP contribution in [0.5, 0.6) is 5.75 Å². The summed E-state index contributed by atoms with van der Waals surface area (Å²) in [6.45, 7) is 1.06. The Labute approximate surface area is 118 Å². The largest absolute Gasteiger partial charge is 0.412 e. The fourth-order valence-corrected chi connectivity index (χ4v) is 1.80. The zero-order valence-electron chi connectivity index (χ0n) is 11.2. The van der Waals surface area contributed by atoms with Gasteiger partial charge >= 0.3 is 6.09 Å². The van der Waals surface area contributed by atoms with Gasteiger partial charge in [-0.15, -0.1) is 0 Å². The van der Waals surface area contributed by atoms with Crippen molar-refractivity contribution >= 4 is 6.09 Å². The van der Waals surface area contributed by atoms with Crippen molar-refractivity contribution in [3.05, 3.63) is 65.7 Å². The summed E-state index contributed by atoms with van der Waals surface area (Å²) in [6.07, 6.45) is 0.362. The SMILES string of the molecule is NCCc1ccc(OC(=O)NCc2ccccc2)cc1. The molecule has 0 atom stereocenters. The van der Waals surface area contributed by atoms with E-state index in [1.165, 1.54) is 0 Å². The molecule has 4 nitrogen and oxygen atoms in total. The van der Waals surface area contributed by atoms with Crippen LogP contribution < -0.4 is 15.8 Å². The van der Waals surface area contributed by atoms with Gasteiger partial charge in [0.15, 0.2) is 0 Å². The molecule has 0 aromatic heterocycles. The summed E-state index contributed by atoms with van der Waals surface area (Å²) in [5, 5.41) is 2.71. The molecule has 0 aliphatic heterocycles. The third kappa shape index (κ3) is 4.40. The van der Waals surface area contributed by atoms with Gasteiger partial charge in [-0.1, -0.05) is 42.5 Å². The van der Waals surface area contributed by atoms with Crippen molar-refractivity contribution in [2.75, 3.05) is 6.54 Å². The topological polar surface area (TPSA) is 64.3 Å². The van der Waals surface area contributed by atoms with Crippen molar-refractivity contribution in [1.29, 1.82) is 0 Å². The zero-order chi connectivity index (χ0) is 14.2. The van der Waals surface area contributed by atoms with Gasteiger partial charge in [-0.3, -0.25) is 0 Å². The molecule has 0 saturated carbocycles. The number of rotatable bonds is 5. The summed E-state index contributed by atoms with van der Waals surface area (Å²) in [7, 11) is 0. The maximum atomic E-state index is 11.6. The molecule has 104 valence electrons. The van der Waals surface area contributed by atoms with E-state index in [-0.39, 0.29) is 0 Å². The molecule has 3 N–H and O–H groups in total. The van der Waals surface area contributed by atoms with Crippen molar-refractivity contribution in [1.82, 2.24) is 5.32 Å². The zero-order valence-corrected chi connectivity index (χ0v) is 11.2. The second kappa shape index (κ2) is 7.31. The maximum Gasteiger partial charge on any atom is 0.412 e. The van der Waals surface area contributed by atoms with Gasteiger partial charge in [0.05, 0.1) is 0 Å². The molecule has 0 bridgehead atoms. The molecular weight excluding hydrogens is 252 g/mol. The van der Waals surface area contributed by atoms with Crippen molar-refractivity contribution in [3.63, 3.8) is 0 Å². The number of hydrogen-bond donors (Lipinski definition) is 2. The van der Waals surface area contributed by atoms with Crippen LogP contribution in [0.2, 0.25) is 0 Å². The Morgan fingerprint density at radius 2 is 1.70 bits per heavy atom. The monoisotopic (exact) mass is 270 g/mol. The minimum atomic E-state index is -0.458. The molecule has 0 fully saturated rings. The lowest BCUT2D eigenvalue weighted by atomic mass is 10.1. The van der Waals surface area contributed by atoms with Crippen LogP contribution in [0.15, 0.2) is 54.6 Å². The predicted molar refractivity (Wildman–Crippen MR) is 78.5 cm³/mol. The van der Waals surface area contributed by atoms with Crippen LogP contribution in [0.4, 0.5) is 4.79 Å². The van der Waals surface area contributed by atoms with Gasteiger partial charge < -0.3 is 15.8 Å². The molecule has 0 spiro atoms. The van der Waals surface area contributed by atoms with E-state index in [9.17, 15) is 4.79 Å². The number of hydrogen-bond acceptors (Lipinski definition) is 3. The highest BCUT2D eigenvalue weighted by atomic mass is 16.5. The van der Waals surface area contributed by atoms with Crippen LogP contribution in [0.1, 0.15) is 11.1 Å². The molecule has 0 radical (unpaired) electrons. The quantitative estimate of drug-likeness (QED) is 0.877. The summed E-state index contributed by atoms with van der Waals surface area (Å²) in [4.78, 5) is 11.6. The maximum absolute atomic E-state index is 11.6. The molecule has 2 aromatic rings. The Balaban J connectivity index is 1.82. The molecule has 2 rings (SSSR count). The van der Waals surface area contributed by atoms with Crippen LogP contribution in [0, 0.1) is 0 Å². The van der Waals surface area contributed by atoms with E-state index < -0.39 is 6.09 Å². The first kappa shape index (κ1) is 14.1. The molecular formula is C16H18N2O2. The van der Waals surface area contributed by atoms with Crippen LogP contribution in [-0.4, -0.2) is 12.6 Å². The molecule has 2 aromatic carbocycles. The summed E-state index contributed by atoms with van der Waals surface area (Å²) in [6, 6.07) is 17.0. The second-order valence-electron chi connectivity index (χ2n) is 4.41. The van der Waals surface area contributed by atoms with E-state index in [0.29, 0.717) is 18.8 Å². The van der Waals surface area contributed by atoms with Gasteiger partial charge in [-0.05, 0) is 36.2 Å². The van der Waals surface area contributed by atoms with E-state index in [1.807, 2.05) is 42.5 Å². The Morgan fingerprint density at radius 1 is 1.00 bits per heavy atom. The lowest BCUT2D eigenvalue weighted by Crippen LogP contribution is -2.26. The minimum absolute atomic E-state index is 0.449. The first-order chi connectivity index (χ1) is 9.78. The minimum Gasteiger partial charge on any atom is -0.410 e. The van der Waals surface area contributed by atoms with Crippen LogP contribution in [0.3, 0.4) is 0 Å². The van der Waals surface area contributed by atoms with E-state index in [4.69, 9.17) is 10.5 Å². The Bertz CT molecular complexity index is 538. The average molecular weight is 270 g/mol. The van der Waals surface area contributed by atoms with E-state index in [2.05, 4.69) is 5.32 Å². The number of amides is 1. The number of benzene rings is 2. The van der Waals surface area contributed by atoms with Crippen molar-refractivity contribution in [2.24, 2.45) is 5.73 Å². The van der Waals surface area contributed by atoms with Crippen molar-refractivity contribution in [3.8, 4) is 5.75 Å².